The Morgan fingerprint density at radius 2 is 1.75 bits per heavy atom. The van der Waals surface area contributed by atoms with Crippen LogP contribution < -0.4 is 4.74 Å². The first-order chi connectivity index (χ1) is 13.7. The minimum Gasteiger partial charge on any atom is -0.497 e. The molecule has 1 aliphatic rings. The van der Waals surface area contributed by atoms with E-state index in [1.807, 2.05) is 24.3 Å². The minimum atomic E-state index is -0.0335. The van der Waals surface area contributed by atoms with Gasteiger partial charge in [0.05, 0.1) is 7.11 Å². The monoisotopic (exact) mass is 388 g/mol. The normalized spacial score (nSPS) is 17.1. The molecule has 0 fully saturated rings. The van der Waals surface area contributed by atoms with E-state index in [4.69, 9.17) is 4.74 Å². The number of rotatable bonds is 5. The topological polar surface area (TPSA) is 26.3 Å². The first-order valence-corrected chi connectivity index (χ1v) is 10.5. The van der Waals surface area contributed by atoms with E-state index in [2.05, 4.69) is 55.5 Å². The van der Waals surface area contributed by atoms with Gasteiger partial charge in [0.1, 0.15) is 5.75 Å². The van der Waals surface area contributed by atoms with Crippen molar-refractivity contribution in [2.45, 2.75) is 29.9 Å². The summed E-state index contributed by atoms with van der Waals surface area (Å²) in [5.74, 6) is 1.03. The predicted octanol–water partition coefficient (Wildman–Crippen LogP) is 6.28. The van der Waals surface area contributed by atoms with Crippen LogP contribution in [0.15, 0.2) is 77.7 Å². The molecule has 0 saturated carbocycles. The Kier molecular flexibility index (Phi) is 5.54. The molecule has 3 aromatic rings. The smallest absolute Gasteiger partial charge is 0.167 e. The highest BCUT2D eigenvalue weighted by molar-refractivity contribution is 7.99. The zero-order valence-electron chi connectivity index (χ0n) is 16.2. The van der Waals surface area contributed by atoms with Crippen LogP contribution in [0.2, 0.25) is 0 Å². The fourth-order valence-corrected chi connectivity index (χ4v) is 5.18. The number of ketones is 1. The lowest BCUT2D eigenvalue weighted by Crippen LogP contribution is -2.27. The van der Waals surface area contributed by atoms with E-state index in [1.54, 1.807) is 18.9 Å². The van der Waals surface area contributed by atoms with E-state index in [9.17, 15) is 4.79 Å². The molecule has 0 bridgehead atoms. The highest BCUT2D eigenvalue weighted by atomic mass is 32.2. The van der Waals surface area contributed by atoms with Gasteiger partial charge in [0.15, 0.2) is 5.78 Å². The molecule has 3 aromatic carbocycles. The van der Waals surface area contributed by atoms with Gasteiger partial charge in [-0.3, -0.25) is 4.79 Å². The average molecular weight is 389 g/mol. The maximum atomic E-state index is 13.4. The molecule has 0 aromatic heterocycles. The fourth-order valence-electron chi connectivity index (χ4n) is 3.86. The van der Waals surface area contributed by atoms with E-state index >= 15 is 0 Å². The van der Waals surface area contributed by atoms with Crippen molar-refractivity contribution in [2.75, 3.05) is 7.11 Å². The van der Waals surface area contributed by atoms with Gasteiger partial charge in [-0.1, -0.05) is 48.0 Å². The second-order valence-corrected chi connectivity index (χ2v) is 8.51. The van der Waals surface area contributed by atoms with E-state index in [0.717, 1.165) is 29.7 Å². The van der Waals surface area contributed by atoms with Gasteiger partial charge in [0, 0.05) is 21.6 Å². The second-order valence-electron chi connectivity index (χ2n) is 7.29. The largest absolute Gasteiger partial charge is 0.497 e. The summed E-state index contributed by atoms with van der Waals surface area (Å²) in [5, 5.41) is 0.103. The number of hydrogen-bond acceptors (Lipinski definition) is 3. The number of methoxy groups -OCH3 is 1. The Labute approximate surface area is 170 Å². The van der Waals surface area contributed by atoms with Crippen molar-refractivity contribution >= 4 is 17.5 Å². The Hall–Kier alpha value is -2.52. The molecule has 0 saturated heterocycles. The SMILES string of the molecule is COc1ccc2c(c1)CCC(C(Sc1ccccc1)c1ccc(C)cc1)C2=O. The van der Waals surface area contributed by atoms with Crippen LogP contribution in [0.1, 0.15) is 38.7 Å². The van der Waals surface area contributed by atoms with E-state index < -0.39 is 0 Å². The summed E-state index contributed by atoms with van der Waals surface area (Å²) in [4.78, 5) is 14.6. The van der Waals surface area contributed by atoms with Gasteiger partial charge in [-0.15, -0.1) is 11.8 Å². The van der Waals surface area contributed by atoms with Crippen molar-refractivity contribution in [2.24, 2.45) is 5.92 Å². The molecule has 2 atom stereocenters. The highest BCUT2D eigenvalue weighted by Gasteiger charge is 2.35. The van der Waals surface area contributed by atoms with Crippen molar-refractivity contribution in [3.63, 3.8) is 0 Å². The average Bonchev–Trinajstić information content (AvgIpc) is 2.74. The molecule has 0 heterocycles. The maximum absolute atomic E-state index is 13.4. The molecule has 142 valence electrons. The van der Waals surface area contributed by atoms with Gasteiger partial charge in [0.2, 0.25) is 0 Å². The molecule has 3 heteroatoms. The molecule has 0 amide bonds. The van der Waals surface area contributed by atoms with Gasteiger partial charge in [0.25, 0.3) is 0 Å². The van der Waals surface area contributed by atoms with E-state index in [1.165, 1.54) is 16.0 Å². The molecule has 0 spiro atoms. The Morgan fingerprint density at radius 3 is 2.46 bits per heavy atom. The standard InChI is InChI=1S/C25H24O2S/c1-17-8-10-18(11-9-17)25(28-21-6-4-3-5-7-21)23-14-12-19-16-20(27-2)13-15-22(19)24(23)26/h3-11,13,15-16,23,25H,12,14H2,1-2H3. The van der Waals surface area contributed by atoms with Crippen LogP contribution in [0.25, 0.3) is 0 Å². The highest BCUT2D eigenvalue weighted by Crippen LogP contribution is 2.46. The van der Waals surface area contributed by atoms with Crippen LogP contribution in [0.5, 0.6) is 5.75 Å². The molecule has 4 rings (SSSR count). The van der Waals surface area contributed by atoms with Crippen LogP contribution in [0.3, 0.4) is 0 Å². The zero-order chi connectivity index (χ0) is 19.5. The number of carbonyl (C=O) groups is 1. The van der Waals surface area contributed by atoms with E-state index in [0.29, 0.717) is 0 Å². The predicted molar refractivity (Wildman–Crippen MR) is 115 cm³/mol. The van der Waals surface area contributed by atoms with Crippen LogP contribution in [-0.2, 0) is 6.42 Å². The Balaban J connectivity index is 1.69. The second kappa shape index (κ2) is 8.24. The molecular weight excluding hydrogens is 364 g/mol. The first-order valence-electron chi connectivity index (χ1n) is 9.65. The number of carbonyl (C=O) groups excluding carboxylic acids is 1. The zero-order valence-corrected chi connectivity index (χ0v) is 17.0. The lowest BCUT2D eigenvalue weighted by atomic mass is 9.79. The third kappa shape index (κ3) is 3.85. The summed E-state index contributed by atoms with van der Waals surface area (Å²) < 4.78 is 5.33. The number of fused-ring (bicyclic) bond motifs is 1. The molecular formula is C25H24O2S. The van der Waals surface area contributed by atoms with Gasteiger partial charge >= 0.3 is 0 Å². The lowest BCUT2D eigenvalue weighted by molar-refractivity contribution is 0.0899. The van der Waals surface area contributed by atoms with Crippen molar-refractivity contribution < 1.29 is 9.53 Å². The number of benzene rings is 3. The number of hydrogen-bond donors (Lipinski definition) is 0. The third-order valence-electron chi connectivity index (χ3n) is 5.42. The van der Waals surface area contributed by atoms with Crippen LogP contribution in [-0.4, -0.2) is 12.9 Å². The maximum Gasteiger partial charge on any atom is 0.167 e. The summed E-state index contributed by atoms with van der Waals surface area (Å²) in [6, 6.07) is 24.8. The fraction of sp³-hybridized carbons (Fsp3) is 0.240. The number of Topliss-reactive ketones (excluding diaryl/α,β-unsaturated/α-hetero) is 1. The molecule has 2 nitrogen and oxygen atoms in total. The molecule has 28 heavy (non-hydrogen) atoms. The van der Waals surface area contributed by atoms with Gasteiger partial charge in [-0.25, -0.2) is 0 Å². The van der Waals surface area contributed by atoms with Crippen LogP contribution >= 0.6 is 11.8 Å². The summed E-state index contributed by atoms with van der Waals surface area (Å²) >= 11 is 1.79. The Morgan fingerprint density at radius 1 is 1.00 bits per heavy atom. The van der Waals surface area contributed by atoms with Crippen molar-refractivity contribution in [1.29, 1.82) is 0 Å². The number of thioether (sulfide) groups is 1. The summed E-state index contributed by atoms with van der Waals surface area (Å²) in [6.07, 6.45) is 1.76. The van der Waals surface area contributed by atoms with Crippen LogP contribution in [0, 0.1) is 12.8 Å². The third-order valence-corrected chi connectivity index (χ3v) is 6.82. The van der Waals surface area contributed by atoms with Gasteiger partial charge in [-0.05, 0) is 61.2 Å². The molecule has 0 N–H and O–H groups in total. The van der Waals surface area contributed by atoms with Crippen LogP contribution in [0.4, 0.5) is 0 Å². The first kappa shape index (κ1) is 18.8. The summed E-state index contributed by atoms with van der Waals surface area (Å²) in [6.45, 7) is 2.10. The minimum absolute atomic E-state index is 0.0335. The van der Waals surface area contributed by atoms with Crippen molar-refractivity contribution in [3.8, 4) is 5.75 Å². The quantitative estimate of drug-likeness (QED) is 0.481. The molecule has 0 aliphatic heterocycles. The molecule has 1 aliphatic carbocycles. The van der Waals surface area contributed by atoms with Crippen molar-refractivity contribution in [3.05, 3.63) is 95.1 Å². The molecule has 0 radical (unpaired) electrons. The number of ether oxygens (including phenoxy) is 1. The van der Waals surface area contributed by atoms with Gasteiger partial charge < -0.3 is 4.74 Å². The van der Waals surface area contributed by atoms with E-state index in [-0.39, 0.29) is 17.0 Å². The van der Waals surface area contributed by atoms with Crippen molar-refractivity contribution in [1.82, 2.24) is 0 Å². The lowest BCUT2D eigenvalue weighted by Gasteiger charge is -2.30. The summed E-state index contributed by atoms with van der Waals surface area (Å²) in [5.41, 5.74) is 4.41. The Bertz CT molecular complexity index is 964. The molecule has 2 unspecified atom stereocenters. The number of aryl methyl sites for hydroxylation is 2. The summed E-state index contributed by atoms with van der Waals surface area (Å²) in [7, 11) is 1.67. The van der Waals surface area contributed by atoms with Gasteiger partial charge in [-0.2, -0.15) is 0 Å².